The zero-order valence-corrected chi connectivity index (χ0v) is 9.60. The van der Waals surface area contributed by atoms with Crippen LogP contribution in [-0.2, 0) is 9.53 Å². The Kier molecular flexibility index (Phi) is 7.32. The van der Waals surface area contributed by atoms with Crippen molar-refractivity contribution in [3.63, 3.8) is 0 Å². The van der Waals surface area contributed by atoms with Gasteiger partial charge in [-0.05, 0) is 6.42 Å². The van der Waals surface area contributed by atoms with Crippen molar-refractivity contribution < 1.29 is 9.53 Å². The van der Waals surface area contributed by atoms with Gasteiger partial charge in [0.05, 0.1) is 4.99 Å². The number of ether oxygens (including phenoxy) is 1. The predicted octanol–water partition coefficient (Wildman–Crippen LogP) is 0.548. The number of amides is 1. The second-order valence-corrected chi connectivity index (χ2v) is 3.61. The molecule has 0 heterocycles. The van der Waals surface area contributed by atoms with E-state index in [1.165, 1.54) is 0 Å². The minimum atomic E-state index is -0.0327. The molecular weight excluding hydrogens is 200 g/mol. The van der Waals surface area contributed by atoms with Crippen molar-refractivity contribution in [1.29, 1.82) is 0 Å². The normalized spacial score (nSPS) is 9.86. The van der Waals surface area contributed by atoms with Crippen LogP contribution in [0.3, 0.4) is 0 Å². The molecule has 0 aromatic carbocycles. The summed E-state index contributed by atoms with van der Waals surface area (Å²) in [6.07, 6.45) is 1.48. The maximum absolute atomic E-state index is 11.3. The molecule has 0 saturated carbocycles. The molecular formula is C9H18N2O2S. The number of hydrogen-bond acceptors (Lipinski definition) is 3. The Morgan fingerprint density at radius 1 is 1.57 bits per heavy atom. The molecule has 0 bridgehead atoms. The third-order valence-electron chi connectivity index (χ3n) is 1.69. The van der Waals surface area contributed by atoms with E-state index in [1.807, 2.05) is 6.92 Å². The first-order valence-corrected chi connectivity index (χ1v) is 5.08. The minimum absolute atomic E-state index is 0.0327. The molecule has 0 radical (unpaired) electrons. The van der Waals surface area contributed by atoms with E-state index in [1.54, 1.807) is 11.9 Å². The Labute approximate surface area is 90.4 Å². The summed E-state index contributed by atoms with van der Waals surface area (Å²) >= 11 is 4.72. The Morgan fingerprint density at radius 3 is 2.71 bits per heavy atom. The summed E-state index contributed by atoms with van der Waals surface area (Å²) in [5.74, 6) is -0.0327. The molecule has 0 aromatic rings. The molecule has 0 aromatic heterocycles. The second kappa shape index (κ2) is 7.70. The van der Waals surface area contributed by atoms with E-state index in [4.69, 9.17) is 22.7 Å². The number of carbonyl (C=O) groups is 1. The van der Waals surface area contributed by atoms with Gasteiger partial charge in [-0.2, -0.15) is 0 Å². The van der Waals surface area contributed by atoms with E-state index in [-0.39, 0.29) is 12.5 Å². The topological polar surface area (TPSA) is 55.6 Å². The van der Waals surface area contributed by atoms with Crippen LogP contribution in [0, 0.1) is 0 Å². The summed E-state index contributed by atoms with van der Waals surface area (Å²) in [6.45, 7) is 3.32. The van der Waals surface area contributed by atoms with Crippen molar-refractivity contribution >= 4 is 23.1 Å². The molecule has 82 valence electrons. The van der Waals surface area contributed by atoms with Crippen LogP contribution < -0.4 is 5.73 Å². The van der Waals surface area contributed by atoms with Gasteiger partial charge in [0.15, 0.2) is 0 Å². The van der Waals surface area contributed by atoms with E-state index in [0.717, 1.165) is 6.42 Å². The molecule has 4 nitrogen and oxygen atoms in total. The molecule has 0 fully saturated rings. The largest absolute Gasteiger partial charge is 0.393 e. The van der Waals surface area contributed by atoms with Gasteiger partial charge in [0.1, 0.15) is 6.61 Å². The molecule has 14 heavy (non-hydrogen) atoms. The zero-order valence-electron chi connectivity index (χ0n) is 8.78. The first kappa shape index (κ1) is 13.3. The highest BCUT2D eigenvalue weighted by atomic mass is 32.1. The van der Waals surface area contributed by atoms with Crippen LogP contribution in [0.1, 0.15) is 19.8 Å². The number of nitrogens with two attached hydrogens (primary N) is 1. The Balaban J connectivity index is 3.59. The van der Waals surface area contributed by atoms with Crippen molar-refractivity contribution in [2.24, 2.45) is 5.73 Å². The van der Waals surface area contributed by atoms with Crippen molar-refractivity contribution in [2.45, 2.75) is 19.8 Å². The van der Waals surface area contributed by atoms with Crippen LogP contribution in [0.2, 0.25) is 0 Å². The lowest BCUT2D eigenvalue weighted by atomic mass is 10.4. The highest BCUT2D eigenvalue weighted by Crippen LogP contribution is 1.91. The molecule has 0 saturated heterocycles. The molecule has 0 aliphatic carbocycles. The van der Waals surface area contributed by atoms with Crippen LogP contribution in [0.25, 0.3) is 0 Å². The third kappa shape index (κ3) is 6.80. The number of rotatable bonds is 7. The van der Waals surface area contributed by atoms with Crippen LogP contribution >= 0.6 is 12.2 Å². The van der Waals surface area contributed by atoms with E-state index in [0.29, 0.717) is 24.6 Å². The summed E-state index contributed by atoms with van der Waals surface area (Å²) < 4.78 is 5.12. The van der Waals surface area contributed by atoms with Gasteiger partial charge < -0.3 is 15.4 Å². The number of nitrogens with zero attached hydrogens (tertiary/aromatic N) is 1. The second-order valence-electron chi connectivity index (χ2n) is 3.08. The number of hydrogen-bond donors (Lipinski definition) is 1. The molecule has 2 N–H and O–H groups in total. The van der Waals surface area contributed by atoms with Gasteiger partial charge in [-0.1, -0.05) is 19.1 Å². The SMILES string of the molecule is CCCOCC(=O)N(C)CCC(N)=S. The van der Waals surface area contributed by atoms with Crippen molar-refractivity contribution in [1.82, 2.24) is 4.90 Å². The molecule has 0 rings (SSSR count). The van der Waals surface area contributed by atoms with Gasteiger partial charge in [0.25, 0.3) is 0 Å². The first-order chi connectivity index (χ1) is 6.57. The fourth-order valence-electron chi connectivity index (χ4n) is 0.817. The lowest BCUT2D eigenvalue weighted by molar-refractivity contribution is -0.134. The highest BCUT2D eigenvalue weighted by Gasteiger charge is 2.08. The van der Waals surface area contributed by atoms with Crippen LogP contribution in [0.5, 0.6) is 0 Å². The Hall–Kier alpha value is -0.680. The first-order valence-electron chi connectivity index (χ1n) is 4.68. The van der Waals surface area contributed by atoms with E-state index < -0.39 is 0 Å². The van der Waals surface area contributed by atoms with Gasteiger partial charge in [-0.15, -0.1) is 0 Å². The average Bonchev–Trinajstić information content (AvgIpc) is 2.14. The molecule has 0 atom stereocenters. The van der Waals surface area contributed by atoms with E-state index in [9.17, 15) is 4.79 Å². The number of likely N-dealkylation sites (N-methyl/N-ethyl adjacent to an activating group) is 1. The van der Waals surface area contributed by atoms with Crippen molar-refractivity contribution in [3.8, 4) is 0 Å². The van der Waals surface area contributed by atoms with Crippen LogP contribution in [0.4, 0.5) is 0 Å². The lowest BCUT2D eigenvalue weighted by Gasteiger charge is -2.16. The monoisotopic (exact) mass is 218 g/mol. The highest BCUT2D eigenvalue weighted by molar-refractivity contribution is 7.80. The fourth-order valence-corrected chi connectivity index (χ4v) is 0.908. The summed E-state index contributed by atoms with van der Waals surface area (Å²) in [5, 5.41) is 0. The maximum Gasteiger partial charge on any atom is 0.248 e. The van der Waals surface area contributed by atoms with E-state index >= 15 is 0 Å². The van der Waals surface area contributed by atoms with Crippen molar-refractivity contribution in [2.75, 3.05) is 26.8 Å². The molecule has 5 heteroatoms. The summed E-state index contributed by atoms with van der Waals surface area (Å²) in [4.78, 5) is 13.4. The van der Waals surface area contributed by atoms with E-state index in [2.05, 4.69) is 0 Å². The summed E-state index contributed by atoms with van der Waals surface area (Å²) in [5.41, 5.74) is 5.32. The smallest absolute Gasteiger partial charge is 0.248 e. The molecule has 0 spiro atoms. The van der Waals surface area contributed by atoms with Crippen molar-refractivity contribution in [3.05, 3.63) is 0 Å². The van der Waals surface area contributed by atoms with Gasteiger partial charge in [0.2, 0.25) is 5.91 Å². The Bertz CT molecular complexity index is 197. The predicted molar refractivity (Wildman–Crippen MR) is 60.1 cm³/mol. The van der Waals surface area contributed by atoms with Gasteiger partial charge in [-0.25, -0.2) is 0 Å². The number of thiocarbonyl (C=S) groups is 1. The van der Waals surface area contributed by atoms with Crippen LogP contribution in [-0.4, -0.2) is 42.6 Å². The molecule has 0 aliphatic rings. The number of carbonyl (C=O) groups excluding carboxylic acids is 1. The standard InChI is InChI=1S/C9H18N2O2S/c1-3-6-13-7-9(12)11(2)5-4-8(10)14/h3-7H2,1-2H3,(H2,10,14). The minimum Gasteiger partial charge on any atom is -0.393 e. The third-order valence-corrected chi connectivity index (χ3v) is 1.90. The van der Waals surface area contributed by atoms with Gasteiger partial charge in [-0.3, -0.25) is 4.79 Å². The zero-order chi connectivity index (χ0) is 11.0. The quantitative estimate of drug-likeness (QED) is 0.501. The molecule has 0 unspecified atom stereocenters. The van der Waals surface area contributed by atoms with Crippen LogP contribution in [0.15, 0.2) is 0 Å². The van der Waals surface area contributed by atoms with Gasteiger partial charge in [0, 0.05) is 26.6 Å². The summed E-state index contributed by atoms with van der Waals surface area (Å²) in [6, 6.07) is 0. The molecule has 1 amide bonds. The van der Waals surface area contributed by atoms with Gasteiger partial charge >= 0.3 is 0 Å². The molecule has 0 aliphatic heterocycles. The lowest BCUT2D eigenvalue weighted by Crippen LogP contribution is -2.32. The Morgan fingerprint density at radius 2 is 2.21 bits per heavy atom. The maximum atomic E-state index is 11.3. The fraction of sp³-hybridized carbons (Fsp3) is 0.778. The summed E-state index contributed by atoms with van der Waals surface area (Å²) in [7, 11) is 1.72. The average molecular weight is 218 g/mol.